The molecule has 0 bridgehead atoms. The van der Waals surface area contributed by atoms with Gasteiger partial charge in [0.05, 0.1) is 235 Å². The number of Topliss-reactive ketones (excluding diaryl/α,β-unsaturated/α-hetero) is 1. The maximum Gasteiger partial charge on any atom is 0.420 e. The Morgan fingerprint density at radius 1 is 0.535 bits per heavy atom. The van der Waals surface area contributed by atoms with E-state index in [-0.39, 0.29) is 259 Å². The summed E-state index contributed by atoms with van der Waals surface area (Å²) in [5.41, 5.74) is 0.564. The zero-order chi connectivity index (χ0) is 91.6. The molecule has 3 aliphatic heterocycles. The van der Waals surface area contributed by atoms with Gasteiger partial charge in [-0.25, -0.2) is 9.48 Å². The molecule has 3 aromatic rings. The number of nitrogens with zero attached hydrogens (tertiary/aromatic N) is 4. The molecule has 2 unspecified atom stereocenters. The highest BCUT2D eigenvalue weighted by atomic mass is 16.7. The molecule has 2 aromatic carbocycles. The zero-order valence-electron chi connectivity index (χ0n) is 72.9. The van der Waals surface area contributed by atoms with E-state index in [0.717, 1.165) is 12.0 Å². The number of anilines is 1. The van der Waals surface area contributed by atoms with Crippen LogP contribution in [0.3, 0.4) is 0 Å². The van der Waals surface area contributed by atoms with Gasteiger partial charge in [0.25, 0.3) is 0 Å². The Kier molecular flexibility index (Phi) is 50.7. The Bertz CT molecular complexity index is 3540. The number of hydrogen-bond acceptors (Lipinski definition) is 37. The fourth-order valence-electron chi connectivity index (χ4n) is 13.7. The number of amides is 6. The van der Waals surface area contributed by atoms with Gasteiger partial charge in [0.15, 0.2) is 18.4 Å². The number of carbonyl (C=O) groups excluding carboxylic acids is 7. The first kappa shape index (κ1) is 107. The highest BCUT2D eigenvalue weighted by molar-refractivity contribution is 5.91. The lowest BCUT2D eigenvalue weighted by Gasteiger charge is -2.42. The number of aliphatic hydroxyl groups excluding tert-OH is 8. The number of phenols is 1. The van der Waals surface area contributed by atoms with E-state index < -0.39 is 135 Å². The predicted molar refractivity (Wildman–Crippen MR) is 442 cm³/mol. The predicted octanol–water partition coefficient (Wildman–Crippen LogP) is -2.91. The number of ether oxygens (including phenoxy) is 19. The van der Waals surface area contributed by atoms with Gasteiger partial charge in [0, 0.05) is 86.8 Å². The molecule has 1 saturated carbocycles. The van der Waals surface area contributed by atoms with Crippen LogP contribution in [-0.4, -0.2) is 394 Å². The minimum absolute atomic E-state index is 0.00496. The highest BCUT2D eigenvalue weighted by Crippen LogP contribution is 2.36. The van der Waals surface area contributed by atoms with Crippen molar-refractivity contribution < 1.29 is 170 Å². The minimum atomic E-state index is -1.47. The van der Waals surface area contributed by atoms with E-state index in [4.69, 9.17) is 90.0 Å². The average Bonchev–Trinajstić information content (AvgIpc) is 0.961. The summed E-state index contributed by atoms with van der Waals surface area (Å²) in [5, 5.41) is 112. The van der Waals surface area contributed by atoms with E-state index in [0.29, 0.717) is 42.5 Å². The molecule has 7 rings (SSSR count). The summed E-state index contributed by atoms with van der Waals surface area (Å²) in [6.45, 7) is 8.16. The minimum Gasteiger partial charge on any atom is -0.508 e. The van der Waals surface area contributed by atoms with Crippen LogP contribution in [-0.2, 0) is 129 Å². The molecular formula is C83H133N9O35. The van der Waals surface area contributed by atoms with Crippen LogP contribution in [0.1, 0.15) is 77.5 Å². The Morgan fingerprint density at radius 2 is 1.04 bits per heavy atom. The van der Waals surface area contributed by atoms with Crippen molar-refractivity contribution in [3.8, 4) is 17.2 Å². The molecule has 3 fully saturated rings. The summed E-state index contributed by atoms with van der Waals surface area (Å²) in [6.07, 6.45) is -9.61. The normalized spacial score (nSPS) is 23.4. The number of aliphatic hydroxyl groups is 8. The monoisotopic (exact) mass is 1820 g/mol. The van der Waals surface area contributed by atoms with Crippen molar-refractivity contribution in [2.24, 2.45) is 23.2 Å². The van der Waals surface area contributed by atoms with Crippen molar-refractivity contribution >= 4 is 47.1 Å². The third-order valence-corrected chi connectivity index (χ3v) is 20.9. The molecule has 0 radical (unpaired) electrons. The van der Waals surface area contributed by atoms with Crippen LogP contribution in [0.4, 0.5) is 10.5 Å². The number of aromatic hydroxyl groups is 1. The van der Waals surface area contributed by atoms with Crippen LogP contribution >= 0.6 is 0 Å². The first-order valence-corrected chi connectivity index (χ1v) is 43.1. The van der Waals surface area contributed by atoms with Gasteiger partial charge in [-0.2, -0.15) is 0 Å². The van der Waals surface area contributed by atoms with Gasteiger partial charge in [0.2, 0.25) is 29.5 Å². The molecule has 14 N–H and O–H groups in total. The van der Waals surface area contributed by atoms with Crippen molar-refractivity contribution in [2.75, 3.05) is 223 Å². The van der Waals surface area contributed by atoms with E-state index in [1.807, 2.05) is 13.8 Å². The van der Waals surface area contributed by atoms with Crippen molar-refractivity contribution in [3.05, 3.63) is 59.9 Å². The number of phenolic OH excluding ortho intramolecular Hbond substituents is 1. The molecule has 2 saturated heterocycles. The zero-order valence-corrected chi connectivity index (χ0v) is 72.9. The van der Waals surface area contributed by atoms with Crippen molar-refractivity contribution in [2.45, 2.75) is 159 Å². The largest absolute Gasteiger partial charge is 0.508 e. The Morgan fingerprint density at radius 3 is 1.59 bits per heavy atom. The van der Waals surface area contributed by atoms with Crippen LogP contribution in [0.5, 0.6) is 17.2 Å². The van der Waals surface area contributed by atoms with E-state index in [1.54, 1.807) is 43.5 Å². The maximum absolute atomic E-state index is 14.1. The number of benzene rings is 2. The lowest BCUT2D eigenvalue weighted by Crippen LogP contribution is -2.64. The van der Waals surface area contributed by atoms with Crippen LogP contribution in [0, 0.1) is 23.2 Å². The topological polar surface area (TPSA) is 571 Å². The molecule has 44 nitrogen and oxygen atoms in total. The second kappa shape index (κ2) is 60.4. The molecule has 720 valence electrons. The smallest absolute Gasteiger partial charge is 0.420 e. The van der Waals surface area contributed by atoms with E-state index in [1.165, 1.54) is 28.6 Å². The van der Waals surface area contributed by atoms with Gasteiger partial charge < -0.3 is 163 Å². The summed E-state index contributed by atoms with van der Waals surface area (Å²) in [4.78, 5) is 92.4. The number of aromatic nitrogens is 3. The number of fused-ring (bicyclic) bond motifs is 1. The second-order valence-corrected chi connectivity index (χ2v) is 30.8. The van der Waals surface area contributed by atoms with Crippen LogP contribution in [0.25, 0.3) is 0 Å². The number of carbonyl (C=O) groups is 7. The van der Waals surface area contributed by atoms with Gasteiger partial charge >= 0.3 is 6.09 Å². The summed E-state index contributed by atoms with van der Waals surface area (Å²) in [6, 6.07) is 10.5. The van der Waals surface area contributed by atoms with Gasteiger partial charge in [-0.1, -0.05) is 32.4 Å². The SMILES string of the molecule is CC[C@H]1C[C@@H](OCCOCCOCCNC(=O)CCOCC(COCCC(=O)NCCOCCOCCOC2O[C@H](CO)[C@H](O)[C@H](O)[C@H]2C)(COCCC(=O)NCCOCCOCCO[C@@H]2O[C@H](CO)[C@H](O)[C@H](O)[C@H]2NC(C)=O)CC(=O)CNC(=O)COCCn2cc(COCCOCCOc3ccc(N4Cc5ccc(O)cc5OC4=O)cc3)nn2)[C@H](C)[C@@H](O)[C@H]1O. The second-order valence-electron chi connectivity index (χ2n) is 30.8. The molecule has 1 aromatic heterocycles. The number of ketones is 1. The molecule has 44 heteroatoms. The molecule has 0 spiro atoms. The van der Waals surface area contributed by atoms with Gasteiger partial charge in [-0.3, -0.25) is 33.7 Å². The molecule has 6 amide bonds. The van der Waals surface area contributed by atoms with Crippen molar-refractivity contribution in [1.82, 2.24) is 41.6 Å². The fourth-order valence-corrected chi connectivity index (χ4v) is 13.7. The molecule has 4 heterocycles. The number of rotatable bonds is 68. The Balaban J connectivity index is 0.841. The standard InChI is InChI=1S/C83H133N9O35/c1-5-58-42-65(55(2)74(102)76(58)104)122-39-35-112-29-26-109-22-15-84-69(98)12-19-118-52-83(53-119-20-13-70(99)85-16-23-110-27-30-113-36-40-123-80-56(3)75(103)77(105)67(48-93)125-80,54-120-21-14-71(100)86-17-24-111-28-31-114-37-41-124-81-73(88-57(4)95)79(107)78(106)68(49-94)126-81)44-63(97)45-87-72(101)51-116-25-18-91-47-60(89-90-91)50-117-33-32-115-34-38-121-64-10-7-61(8-11-64)92-46-59-6-9-62(96)43-66(59)127-82(92)108/h6-11,43,47,55-56,58,65,67-68,73-81,93-94,96,102-107H,5,12-42,44-46,48-54H2,1-4H3,(H,84,98)(H,85,99)(H,86,100)(H,87,101)(H,88,95)/t55-,56+,58-,65+,67+,68+,73+,74+,75+,76-,77-,78-,79+,80?,81+,83?/m0/s1. The number of hydrogen-bond donors (Lipinski definition) is 14. The third kappa shape index (κ3) is 39.6. The Hall–Kier alpha value is -7.53. The lowest BCUT2D eigenvalue weighted by molar-refractivity contribution is -0.284. The molecule has 4 aliphatic rings. The first-order chi connectivity index (χ1) is 61.4. The van der Waals surface area contributed by atoms with Crippen LogP contribution < -0.4 is 41.0 Å². The van der Waals surface area contributed by atoms with Crippen LogP contribution in [0.15, 0.2) is 48.7 Å². The maximum atomic E-state index is 14.1. The average molecular weight is 1820 g/mol. The van der Waals surface area contributed by atoms with Crippen molar-refractivity contribution in [3.63, 3.8) is 0 Å². The molecule has 127 heavy (non-hydrogen) atoms. The lowest BCUT2D eigenvalue weighted by atomic mass is 9.75. The summed E-state index contributed by atoms with van der Waals surface area (Å²) >= 11 is 0. The van der Waals surface area contributed by atoms with E-state index in [2.05, 4.69) is 36.9 Å². The molecule has 1 aliphatic carbocycles. The summed E-state index contributed by atoms with van der Waals surface area (Å²) in [5.74, 6) is -2.70. The summed E-state index contributed by atoms with van der Waals surface area (Å²) < 4.78 is 110. The third-order valence-electron chi connectivity index (χ3n) is 20.9. The fraction of sp³-hybridized carbons (Fsp3) is 0.747. The highest BCUT2D eigenvalue weighted by Gasteiger charge is 2.47. The van der Waals surface area contributed by atoms with E-state index in [9.17, 15) is 79.5 Å². The molecule has 16 atom stereocenters. The summed E-state index contributed by atoms with van der Waals surface area (Å²) in [7, 11) is 0. The molecular weight excluding hydrogens is 1680 g/mol. The Labute approximate surface area is 737 Å². The van der Waals surface area contributed by atoms with Gasteiger partial charge in [0.1, 0.15) is 72.7 Å². The quantitative estimate of drug-likeness (QED) is 0.0252. The first-order valence-electron chi connectivity index (χ1n) is 43.1. The van der Waals surface area contributed by atoms with Crippen LogP contribution in [0.2, 0.25) is 0 Å². The number of nitrogens with one attached hydrogen (secondary N) is 5. The van der Waals surface area contributed by atoms with Gasteiger partial charge in [-0.15, -0.1) is 5.10 Å². The van der Waals surface area contributed by atoms with Crippen molar-refractivity contribution in [1.29, 1.82) is 0 Å². The van der Waals surface area contributed by atoms with Gasteiger partial charge in [-0.05, 0) is 48.7 Å². The van der Waals surface area contributed by atoms with E-state index >= 15 is 0 Å².